The van der Waals surface area contributed by atoms with Gasteiger partial charge in [0.05, 0.1) is 0 Å². The zero-order valence-corrected chi connectivity index (χ0v) is 32.4. The van der Waals surface area contributed by atoms with Crippen molar-refractivity contribution in [2.45, 2.75) is 32.9 Å². The topological polar surface area (TPSA) is 0 Å². The van der Waals surface area contributed by atoms with E-state index in [4.69, 9.17) is 0 Å². The summed E-state index contributed by atoms with van der Waals surface area (Å²) >= 11 is -2.47. The molecule has 0 aliphatic heterocycles. The Morgan fingerprint density at radius 1 is 0.400 bits per heavy atom. The van der Waals surface area contributed by atoms with Gasteiger partial charge in [-0.3, -0.25) is 0 Å². The molecule has 6 aromatic carbocycles. The smallest absolute Gasteiger partial charge is 1.00 e. The van der Waals surface area contributed by atoms with Crippen LogP contribution in [-0.4, -0.2) is 3.21 Å². The Labute approximate surface area is 317 Å². The SMILES string of the molecule is C[C](C)=[Zr+2]([CH]1C=C(C(c2ccccc2)c2ccccc2)c2ccccc21)[CH]1C=C(C(c2ccccc2)c2ccccc2)c2ccccc21.[Cl-].[Cl-]. The summed E-state index contributed by atoms with van der Waals surface area (Å²) < 4.78 is 2.58. The summed E-state index contributed by atoms with van der Waals surface area (Å²) in [6.45, 7) is 4.88. The Balaban J connectivity index is 0.00000216. The van der Waals surface area contributed by atoms with Crippen LogP contribution in [0.3, 0.4) is 0 Å². The zero-order chi connectivity index (χ0) is 32.5. The molecule has 246 valence electrons. The Morgan fingerprint density at radius 2 is 0.680 bits per heavy atom. The molecular weight excluding hydrogens is 727 g/mol. The fraction of sp³-hybridized carbons (Fsp3) is 0.128. The summed E-state index contributed by atoms with van der Waals surface area (Å²) in [4.78, 5) is 0. The fourth-order valence-electron chi connectivity index (χ4n) is 8.30. The van der Waals surface area contributed by atoms with Crippen molar-refractivity contribution >= 4 is 14.4 Å². The first kappa shape index (κ1) is 35.9. The standard InChI is InChI=1S/2C22H17.C3H6.2ClH.Zr/c2*1-3-10-18(11-4-1)22(19-12-5-2-6-13-19)21-16-15-17-9-7-8-14-20(17)21;1-3-2;;;/h2*1-16,22H;1-2H3;2*1H;/q;;;;;+2/p-2. The van der Waals surface area contributed by atoms with Gasteiger partial charge in [-0.1, -0.05) is 0 Å². The normalized spacial score (nSPS) is 15.5. The molecule has 2 atom stereocenters. The van der Waals surface area contributed by atoms with Crippen molar-refractivity contribution < 1.29 is 46.1 Å². The van der Waals surface area contributed by atoms with Crippen LogP contribution in [0.2, 0.25) is 0 Å². The molecule has 50 heavy (non-hydrogen) atoms. The minimum absolute atomic E-state index is 0. The summed E-state index contributed by atoms with van der Waals surface area (Å²) in [6.07, 6.45) is 5.44. The van der Waals surface area contributed by atoms with Crippen LogP contribution in [-0.2, 0) is 21.3 Å². The van der Waals surface area contributed by atoms with E-state index in [-0.39, 0.29) is 36.6 Å². The molecule has 0 saturated carbocycles. The van der Waals surface area contributed by atoms with E-state index in [1.807, 2.05) is 0 Å². The Hall–Kier alpha value is -3.87. The molecule has 0 saturated heterocycles. The van der Waals surface area contributed by atoms with Crippen molar-refractivity contribution in [1.82, 2.24) is 0 Å². The molecule has 0 heterocycles. The van der Waals surface area contributed by atoms with Crippen LogP contribution in [0.25, 0.3) is 11.1 Å². The molecule has 0 amide bonds. The first-order valence-electron chi connectivity index (χ1n) is 17.2. The van der Waals surface area contributed by atoms with E-state index in [2.05, 4.69) is 196 Å². The summed E-state index contributed by atoms with van der Waals surface area (Å²) in [7, 11) is 0. The van der Waals surface area contributed by atoms with E-state index in [0.717, 1.165) is 0 Å². The third-order valence-corrected chi connectivity index (χ3v) is 18.8. The van der Waals surface area contributed by atoms with Crippen molar-refractivity contribution in [3.8, 4) is 0 Å². The number of fused-ring (bicyclic) bond motifs is 2. The molecule has 2 aliphatic rings. The van der Waals surface area contributed by atoms with Crippen LogP contribution in [0.1, 0.15) is 77.4 Å². The quantitative estimate of drug-likeness (QED) is 0.185. The van der Waals surface area contributed by atoms with Gasteiger partial charge in [0.2, 0.25) is 0 Å². The number of rotatable bonds is 8. The summed E-state index contributed by atoms with van der Waals surface area (Å²) in [5, 5.41) is 0. The van der Waals surface area contributed by atoms with Crippen LogP contribution in [0.5, 0.6) is 0 Å². The van der Waals surface area contributed by atoms with Gasteiger partial charge in [0.25, 0.3) is 0 Å². The number of hydrogen-bond donors (Lipinski definition) is 0. The minimum Gasteiger partial charge on any atom is -1.00 e. The molecule has 0 aromatic heterocycles. The van der Waals surface area contributed by atoms with Gasteiger partial charge in [0, 0.05) is 0 Å². The van der Waals surface area contributed by atoms with Gasteiger partial charge < -0.3 is 24.8 Å². The Morgan fingerprint density at radius 3 is 0.980 bits per heavy atom. The number of halogens is 2. The molecule has 0 nitrogen and oxygen atoms in total. The van der Waals surface area contributed by atoms with Gasteiger partial charge in [-0.05, 0) is 0 Å². The molecule has 0 bridgehead atoms. The average Bonchev–Trinajstić information content (AvgIpc) is 3.70. The van der Waals surface area contributed by atoms with Crippen LogP contribution >= 0.6 is 0 Å². The van der Waals surface area contributed by atoms with Gasteiger partial charge in [0.15, 0.2) is 0 Å². The summed E-state index contributed by atoms with van der Waals surface area (Å²) in [6, 6.07) is 63.1. The molecule has 6 aromatic rings. The predicted octanol–water partition coefficient (Wildman–Crippen LogP) is 5.77. The Bertz CT molecular complexity index is 1920. The number of hydrogen-bond acceptors (Lipinski definition) is 0. The second kappa shape index (κ2) is 16.0. The summed E-state index contributed by atoms with van der Waals surface area (Å²) in [5.74, 6) is 0.394. The van der Waals surface area contributed by atoms with Crippen molar-refractivity contribution in [2.24, 2.45) is 0 Å². The van der Waals surface area contributed by atoms with Crippen molar-refractivity contribution in [3.05, 3.63) is 227 Å². The summed E-state index contributed by atoms with van der Waals surface area (Å²) in [5.41, 5.74) is 14.3. The van der Waals surface area contributed by atoms with Gasteiger partial charge in [-0.2, -0.15) is 0 Å². The van der Waals surface area contributed by atoms with Crippen molar-refractivity contribution in [1.29, 1.82) is 0 Å². The molecule has 8 rings (SSSR count). The van der Waals surface area contributed by atoms with E-state index in [9.17, 15) is 0 Å². The first-order valence-corrected chi connectivity index (χ1v) is 21.2. The van der Waals surface area contributed by atoms with Gasteiger partial charge >= 0.3 is 295 Å². The van der Waals surface area contributed by atoms with Crippen LogP contribution in [0.4, 0.5) is 0 Å². The maximum Gasteiger partial charge on any atom is -1.00 e. The van der Waals surface area contributed by atoms with E-state index in [1.165, 1.54) is 55.7 Å². The fourth-order valence-corrected chi connectivity index (χ4v) is 17.0. The number of benzene rings is 6. The van der Waals surface area contributed by atoms with E-state index >= 15 is 0 Å². The first-order chi connectivity index (χ1) is 23.7. The molecule has 0 fully saturated rings. The predicted molar refractivity (Wildman–Crippen MR) is 200 cm³/mol. The van der Waals surface area contributed by atoms with Crippen LogP contribution < -0.4 is 24.8 Å². The molecule has 0 N–H and O–H groups in total. The van der Waals surface area contributed by atoms with Gasteiger partial charge in [-0.15, -0.1) is 0 Å². The molecule has 0 spiro atoms. The van der Waals surface area contributed by atoms with Crippen molar-refractivity contribution in [2.75, 3.05) is 0 Å². The molecule has 2 unspecified atom stereocenters. The monoisotopic (exact) mass is 764 g/mol. The van der Waals surface area contributed by atoms with Crippen LogP contribution in [0, 0.1) is 0 Å². The van der Waals surface area contributed by atoms with Gasteiger partial charge in [-0.25, -0.2) is 0 Å². The maximum atomic E-state index is 2.72. The maximum absolute atomic E-state index is 2.72. The second-order valence-corrected chi connectivity index (χ2v) is 21.1. The Kier molecular flexibility index (Phi) is 11.5. The average molecular weight is 767 g/mol. The largest absolute Gasteiger partial charge is 1.00 e. The van der Waals surface area contributed by atoms with E-state index < -0.39 is 21.3 Å². The number of allylic oxidation sites excluding steroid dienone is 4. The molecule has 0 radical (unpaired) electrons. The molecular formula is C47H40Cl2Zr. The molecule has 2 aliphatic carbocycles. The van der Waals surface area contributed by atoms with E-state index in [1.54, 1.807) is 3.21 Å². The third-order valence-electron chi connectivity index (χ3n) is 10.3. The van der Waals surface area contributed by atoms with Gasteiger partial charge in [0.1, 0.15) is 0 Å². The van der Waals surface area contributed by atoms with E-state index in [0.29, 0.717) is 7.25 Å². The second-order valence-electron chi connectivity index (χ2n) is 13.3. The van der Waals surface area contributed by atoms with Crippen LogP contribution in [0.15, 0.2) is 182 Å². The third kappa shape index (κ3) is 6.77. The zero-order valence-electron chi connectivity index (χ0n) is 28.4. The minimum atomic E-state index is -2.47. The van der Waals surface area contributed by atoms with Crippen molar-refractivity contribution in [3.63, 3.8) is 0 Å². The molecule has 3 heteroatoms.